The first-order valence-electron chi connectivity index (χ1n) is 6.19. The molecule has 0 bridgehead atoms. The zero-order valence-corrected chi connectivity index (χ0v) is 11.6. The molecule has 2 N–H and O–H groups in total. The molecule has 0 unspecified atom stereocenters. The van der Waals surface area contributed by atoms with Crippen molar-refractivity contribution in [3.63, 3.8) is 0 Å². The highest BCUT2D eigenvalue weighted by atomic mass is 16.4. The standard InChI is InChI=1S/C14H13N5O2/c1-8-9(2)18-19-13(11(8)5-15)17-7-10-3-4-12(14(20)21)16-6-10/h3-4,6H,7H2,1-2H3,(H,17,19)(H,20,21). The highest BCUT2D eigenvalue weighted by molar-refractivity contribution is 5.85. The van der Waals surface area contributed by atoms with Crippen LogP contribution in [0.5, 0.6) is 0 Å². The molecule has 2 aromatic heterocycles. The molecule has 0 aliphatic rings. The summed E-state index contributed by atoms with van der Waals surface area (Å²) in [6.07, 6.45) is 1.47. The summed E-state index contributed by atoms with van der Waals surface area (Å²) >= 11 is 0. The first kappa shape index (κ1) is 14.4. The third-order valence-corrected chi connectivity index (χ3v) is 3.07. The molecule has 2 heterocycles. The van der Waals surface area contributed by atoms with Gasteiger partial charge in [0.25, 0.3) is 0 Å². The fourth-order valence-corrected chi connectivity index (χ4v) is 1.71. The Morgan fingerprint density at radius 2 is 2.14 bits per heavy atom. The number of carbonyl (C=O) groups is 1. The van der Waals surface area contributed by atoms with Gasteiger partial charge in [-0.15, -0.1) is 5.10 Å². The fourth-order valence-electron chi connectivity index (χ4n) is 1.71. The highest BCUT2D eigenvalue weighted by Gasteiger charge is 2.10. The molecule has 7 heteroatoms. The second-order valence-electron chi connectivity index (χ2n) is 4.46. The number of carboxylic acid groups (broad SMARTS) is 1. The Morgan fingerprint density at radius 3 is 2.71 bits per heavy atom. The van der Waals surface area contributed by atoms with Crippen LogP contribution in [0.2, 0.25) is 0 Å². The van der Waals surface area contributed by atoms with Gasteiger partial charge in [0.2, 0.25) is 0 Å². The summed E-state index contributed by atoms with van der Waals surface area (Å²) in [5.41, 5.74) is 2.72. The Balaban J connectivity index is 2.15. The molecule has 0 aliphatic carbocycles. The van der Waals surface area contributed by atoms with Crippen molar-refractivity contribution < 1.29 is 9.90 Å². The number of anilines is 1. The maximum absolute atomic E-state index is 10.7. The number of nitrogens with zero attached hydrogens (tertiary/aromatic N) is 4. The van der Waals surface area contributed by atoms with Crippen LogP contribution in [0.15, 0.2) is 18.3 Å². The molecule has 0 saturated heterocycles. The van der Waals surface area contributed by atoms with Crippen LogP contribution in [0, 0.1) is 25.2 Å². The van der Waals surface area contributed by atoms with Gasteiger partial charge in [-0.05, 0) is 31.0 Å². The normalized spacial score (nSPS) is 9.95. The minimum Gasteiger partial charge on any atom is -0.477 e. The van der Waals surface area contributed by atoms with Crippen molar-refractivity contribution in [1.29, 1.82) is 5.26 Å². The molecule has 106 valence electrons. The lowest BCUT2D eigenvalue weighted by Crippen LogP contribution is -2.08. The van der Waals surface area contributed by atoms with E-state index in [1.165, 1.54) is 12.3 Å². The van der Waals surface area contributed by atoms with Crippen LogP contribution in [0.4, 0.5) is 5.82 Å². The lowest BCUT2D eigenvalue weighted by molar-refractivity contribution is 0.0690. The van der Waals surface area contributed by atoms with E-state index >= 15 is 0 Å². The predicted molar refractivity (Wildman–Crippen MR) is 74.7 cm³/mol. The van der Waals surface area contributed by atoms with Crippen LogP contribution in [-0.2, 0) is 6.54 Å². The topological polar surface area (TPSA) is 112 Å². The maximum atomic E-state index is 10.7. The molecule has 21 heavy (non-hydrogen) atoms. The van der Waals surface area contributed by atoms with Gasteiger partial charge in [0.1, 0.15) is 17.3 Å². The number of rotatable bonds is 4. The summed E-state index contributed by atoms with van der Waals surface area (Å²) in [4.78, 5) is 14.5. The van der Waals surface area contributed by atoms with E-state index in [1.807, 2.05) is 6.92 Å². The van der Waals surface area contributed by atoms with E-state index in [1.54, 1.807) is 13.0 Å². The Kier molecular flexibility index (Phi) is 4.09. The van der Waals surface area contributed by atoms with Crippen molar-refractivity contribution in [2.45, 2.75) is 20.4 Å². The number of hydrogen-bond acceptors (Lipinski definition) is 6. The third kappa shape index (κ3) is 3.12. The molecule has 0 spiro atoms. The molecule has 0 amide bonds. The lowest BCUT2D eigenvalue weighted by atomic mass is 10.1. The van der Waals surface area contributed by atoms with Crippen molar-refractivity contribution in [1.82, 2.24) is 15.2 Å². The van der Waals surface area contributed by atoms with Crippen LogP contribution in [0.1, 0.15) is 32.9 Å². The van der Waals surface area contributed by atoms with Crippen LogP contribution in [0.3, 0.4) is 0 Å². The van der Waals surface area contributed by atoms with Crippen molar-refractivity contribution in [2.75, 3.05) is 5.32 Å². The van der Waals surface area contributed by atoms with Gasteiger partial charge in [0, 0.05) is 12.7 Å². The largest absolute Gasteiger partial charge is 0.477 e. The average molecular weight is 283 g/mol. The van der Waals surface area contributed by atoms with Crippen LogP contribution >= 0.6 is 0 Å². The van der Waals surface area contributed by atoms with E-state index in [-0.39, 0.29) is 5.69 Å². The van der Waals surface area contributed by atoms with Gasteiger partial charge >= 0.3 is 5.97 Å². The fraction of sp³-hybridized carbons (Fsp3) is 0.214. The number of nitrogens with one attached hydrogen (secondary N) is 1. The second kappa shape index (κ2) is 5.96. The summed E-state index contributed by atoms with van der Waals surface area (Å²) in [6, 6.07) is 5.19. The summed E-state index contributed by atoms with van der Waals surface area (Å²) in [5, 5.41) is 28.9. The number of nitriles is 1. The summed E-state index contributed by atoms with van der Waals surface area (Å²) < 4.78 is 0. The maximum Gasteiger partial charge on any atom is 0.354 e. The molecule has 0 aromatic carbocycles. The first-order valence-corrected chi connectivity index (χ1v) is 6.19. The minimum atomic E-state index is -1.07. The van der Waals surface area contributed by atoms with E-state index in [0.29, 0.717) is 23.6 Å². The lowest BCUT2D eigenvalue weighted by Gasteiger charge is -2.09. The number of aromatic nitrogens is 3. The predicted octanol–water partition coefficient (Wildman–Crippen LogP) is 1.67. The monoisotopic (exact) mass is 283 g/mol. The highest BCUT2D eigenvalue weighted by Crippen LogP contribution is 2.17. The van der Waals surface area contributed by atoms with E-state index in [4.69, 9.17) is 5.11 Å². The molecular weight excluding hydrogens is 270 g/mol. The molecule has 2 aromatic rings. The number of aromatic carboxylic acids is 1. The SMILES string of the molecule is Cc1nnc(NCc2ccc(C(=O)O)nc2)c(C#N)c1C. The van der Waals surface area contributed by atoms with Gasteiger partial charge in [-0.1, -0.05) is 6.07 Å². The van der Waals surface area contributed by atoms with Crippen molar-refractivity contribution in [2.24, 2.45) is 0 Å². The Morgan fingerprint density at radius 1 is 1.38 bits per heavy atom. The summed E-state index contributed by atoms with van der Waals surface area (Å²) in [6.45, 7) is 3.98. The average Bonchev–Trinajstić information content (AvgIpc) is 2.49. The zero-order chi connectivity index (χ0) is 15.4. The zero-order valence-electron chi connectivity index (χ0n) is 11.6. The molecule has 0 saturated carbocycles. The van der Waals surface area contributed by atoms with Gasteiger partial charge in [-0.25, -0.2) is 9.78 Å². The smallest absolute Gasteiger partial charge is 0.354 e. The van der Waals surface area contributed by atoms with E-state index in [9.17, 15) is 10.1 Å². The first-order chi connectivity index (χ1) is 10.0. The van der Waals surface area contributed by atoms with Crippen molar-refractivity contribution >= 4 is 11.8 Å². The quantitative estimate of drug-likeness (QED) is 0.877. The Bertz CT molecular complexity index is 719. The summed E-state index contributed by atoms with van der Waals surface area (Å²) in [5.74, 6) is -0.663. The minimum absolute atomic E-state index is 0.0116. The van der Waals surface area contributed by atoms with Gasteiger partial charge < -0.3 is 10.4 Å². The molecule has 0 fully saturated rings. The van der Waals surface area contributed by atoms with Crippen LogP contribution in [0.25, 0.3) is 0 Å². The second-order valence-corrected chi connectivity index (χ2v) is 4.46. The van der Waals surface area contributed by atoms with Gasteiger partial charge in [0.05, 0.1) is 5.69 Å². The van der Waals surface area contributed by atoms with E-state index in [0.717, 1.165) is 11.1 Å². The molecule has 2 rings (SSSR count). The van der Waals surface area contributed by atoms with E-state index < -0.39 is 5.97 Å². The number of aryl methyl sites for hydroxylation is 1. The van der Waals surface area contributed by atoms with E-state index in [2.05, 4.69) is 26.6 Å². The molecule has 0 atom stereocenters. The summed E-state index contributed by atoms with van der Waals surface area (Å²) in [7, 11) is 0. The molecule has 7 nitrogen and oxygen atoms in total. The van der Waals surface area contributed by atoms with Gasteiger partial charge in [-0.2, -0.15) is 10.4 Å². The van der Waals surface area contributed by atoms with Crippen molar-refractivity contribution in [3.8, 4) is 6.07 Å². The number of pyridine rings is 1. The molecular formula is C14H13N5O2. The molecule has 0 radical (unpaired) electrons. The van der Waals surface area contributed by atoms with Crippen molar-refractivity contribution in [3.05, 3.63) is 46.4 Å². The van der Waals surface area contributed by atoms with Gasteiger partial charge in [-0.3, -0.25) is 0 Å². The van der Waals surface area contributed by atoms with Crippen LogP contribution < -0.4 is 5.32 Å². The van der Waals surface area contributed by atoms with Gasteiger partial charge in [0.15, 0.2) is 5.82 Å². The Hall–Kier alpha value is -3.01. The third-order valence-electron chi connectivity index (χ3n) is 3.07. The Labute approximate surface area is 121 Å². The molecule has 0 aliphatic heterocycles. The van der Waals surface area contributed by atoms with Crippen LogP contribution in [-0.4, -0.2) is 26.3 Å². The number of hydrogen-bond donors (Lipinski definition) is 2. The number of carboxylic acids is 1.